The van der Waals surface area contributed by atoms with E-state index in [0.717, 1.165) is 18.2 Å². The molecular formula is C10H9NNaO6S2+. The van der Waals surface area contributed by atoms with Gasteiger partial charge in [0.05, 0.1) is 4.90 Å². The van der Waals surface area contributed by atoms with Gasteiger partial charge in [-0.05, 0) is 23.6 Å². The summed E-state index contributed by atoms with van der Waals surface area (Å²) < 4.78 is 62.6. The Morgan fingerprint density at radius 1 is 0.950 bits per heavy atom. The zero-order valence-corrected chi connectivity index (χ0v) is 13.9. The molecule has 102 valence electrons. The van der Waals surface area contributed by atoms with Crippen LogP contribution in [0.25, 0.3) is 10.8 Å². The Balaban J connectivity index is 0.00000200. The molecular weight excluding hydrogens is 317 g/mol. The largest absolute Gasteiger partial charge is 1.00 e. The fourth-order valence-electron chi connectivity index (χ4n) is 1.76. The molecule has 0 saturated carbocycles. The van der Waals surface area contributed by atoms with E-state index in [1.165, 1.54) is 12.1 Å². The van der Waals surface area contributed by atoms with E-state index in [1.54, 1.807) is 0 Å². The predicted octanol–water partition coefficient (Wildman–Crippen LogP) is -2.08. The van der Waals surface area contributed by atoms with Crippen molar-refractivity contribution in [2.75, 3.05) is 5.73 Å². The summed E-state index contributed by atoms with van der Waals surface area (Å²) in [6.45, 7) is 0. The minimum atomic E-state index is -4.49. The van der Waals surface area contributed by atoms with Gasteiger partial charge in [0, 0.05) is 11.1 Å². The monoisotopic (exact) mass is 326 g/mol. The quantitative estimate of drug-likeness (QED) is 0.327. The summed E-state index contributed by atoms with van der Waals surface area (Å²) in [5.41, 5.74) is 5.42. The summed E-state index contributed by atoms with van der Waals surface area (Å²) in [5, 5.41) is 0.167. The molecule has 10 heteroatoms. The Kier molecular flexibility index (Phi) is 4.87. The number of hydrogen-bond donors (Lipinski definition) is 3. The number of fused-ring (bicyclic) bond motifs is 1. The minimum absolute atomic E-state index is 0. The van der Waals surface area contributed by atoms with Crippen molar-refractivity contribution in [1.82, 2.24) is 0 Å². The van der Waals surface area contributed by atoms with Gasteiger partial charge in [0.1, 0.15) is 4.90 Å². The fourth-order valence-corrected chi connectivity index (χ4v) is 3.06. The van der Waals surface area contributed by atoms with Crippen LogP contribution in [0.3, 0.4) is 0 Å². The van der Waals surface area contributed by atoms with Crippen molar-refractivity contribution in [3.8, 4) is 0 Å². The molecule has 0 heterocycles. The first-order valence-corrected chi connectivity index (χ1v) is 7.76. The molecule has 0 unspecified atom stereocenters. The summed E-state index contributed by atoms with van der Waals surface area (Å²) >= 11 is 0. The molecule has 4 N–H and O–H groups in total. The Hall–Kier alpha value is -0.680. The molecule has 0 amide bonds. The van der Waals surface area contributed by atoms with E-state index in [2.05, 4.69) is 0 Å². The summed E-state index contributed by atoms with van der Waals surface area (Å²) in [5.74, 6) is 0. The Bertz CT molecular complexity index is 876. The van der Waals surface area contributed by atoms with E-state index in [-0.39, 0.29) is 46.0 Å². The maximum absolute atomic E-state index is 11.2. The zero-order valence-electron chi connectivity index (χ0n) is 10.3. The molecule has 2 aromatic rings. The average molecular weight is 326 g/mol. The van der Waals surface area contributed by atoms with E-state index in [9.17, 15) is 16.8 Å². The number of rotatable bonds is 2. The molecule has 0 bridgehead atoms. The van der Waals surface area contributed by atoms with Crippen molar-refractivity contribution in [3.63, 3.8) is 0 Å². The maximum Gasteiger partial charge on any atom is 1.00 e. The van der Waals surface area contributed by atoms with Crippen molar-refractivity contribution in [2.45, 2.75) is 9.79 Å². The van der Waals surface area contributed by atoms with Crippen LogP contribution < -0.4 is 35.3 Å². The summed E-state index contributed by atoms with van der Waals surface area (Å²) in [6.07, 6.45) is 0. The van der Waals surface area contributed by atoms with Crippen LogP contribution in [0.15, 0.2) is 40.1 Å². The van der Waals surface area contributed by atoms with Gasteiger partial charge in [0.2, 0.25) is 0 Å². The summed E-state index contributed by atoms with van der Waals surface area (Å²) in [7, 11) is -8.95. The van der Waals surface area contributed by atoms with E-state index in [4.69, 9.17) is 14.8 Å². The minimum Gasteiger partial charge on any atom is -0.398 e. The molecule has 0 fully saturated rings. The SMILES string of the molecule is Nc1cc(S(=O)(=O)O)cc2cccc(S(=O)(=O)O)c12.[Na+]. The molecule has 0 atom stereocenters. The Morgan fingerprint density at radius 3 is 2.05 bits per heavy atom. The molecule has 0 spiro atoms. The van der Waals surface area contributed by atoms with Crippen molar-refractivity contribution in [3.05, 3.63) is 30.3 Å². The van der Waals surface area contributed by atoms with Crippen molar-refractivity contribution >= 4 is 36.7 Å². The van der Waals surface area contributed by atoms with Gasteiger partial charge in [0.15, 0.2) is 0 Å². The van der Waals surface area contributed by atoms with Crippen LogP contribution >= 0.6 is 0 Å². The van der Waals surface area contributed by atoms with Crippen LogP contribution in [-0.4, -0.2) is 25.9 Å². The molecule has 20 heavy (non-hydrogen) atoms. The Labute approximate surface area is 137 Å². The predicted molar refractivity (Wildman–Crippen MR) is 68.0 cm³/mol. The maximum atomic E-state index is 11.2. The van der Waals surface area contributed by atoms with Gasteiger partial charge in [-0.2, -0.15) is 16.8 Å². The van der Waals surface area contributed by atoms with E-state index < -0.39 is 30.0 Å². The molecule has 7 nitrogen and oxygen atoms in total. The number of nitrogens with two attached hydrogens (primary N) is 1. The van der Waals surface area contributed by atoms with Crippen molar-refractivity contribution < 1.29 is 55.5 Å². The third-order valence-electron chi connectivity index (χ3n) is 2.52. The third kappa shape index (κ3) is 3.31. The van der Waals surface area contributed by atoms with Gasteiger partial charge in [-0.3, -0.25) is 9.11 Å². The molecule has 0 radical (unpaired) electrons. The van der Waals surface area contributed by atoms with Gasteiger partial charge < -0.3 is 5.73 Å². The summed E-state index contributed by atoms with van der Waals surface area (Å²) in [4.78, 5) is -0.880. The summed E-state index contributed by atoms with van der Waals surface area (Å²) in [6, 6.07) is 5.86. The van der Waals surface area contributed by atoms with E-state index >= 15 is 0 Å². The first-order chi connectivity index (χ1) is 8.60. The normalized spacial score (nSPS) is 12.1. The van der Waals surface area contributed by atoms with Gasteiger partial charge in [0.25, 0.3) is 20.2 Å². The average Bonchev–Trinajstić information content (AvgIpc) is 2.25. The molecule has 0 aliphatic rings. The van der Waals surface area contributed by atoms with Gasteiger partial charge in [-0.15, -0.1) is 0 Å². The number of nitrogen functional groups attached to an aromatic ring is 1. The van der Waals surface area contributed by atoms with Crippen LogP contribution in [0.5, 0.6) is 0 Å². The number of anilines is 1. The first kappa shape index (κ1) is 17.4. The number of benzene rings is 2. The van der Waals surface area contributed by atoms with E-state index in [0.29, 0.717) is 0 Å². The first-order valence-electron chi connectivity index (χ1n) is 4.88. The van der Waals surface area contributed by atoms with Crippen LogP contribution in [0.2, 0.25) is 0 Å². The van der Waals surface area contributed by atoms with Crippen LogP contribution in [0.4, 0.5) is 5.69 Å². The second-order valence-corrected chi connectivity index (χ2v) is 6.63. The molecule has 0 saturated heterocycles. The van der Waals surface area contributed by atoms with Gasteiger partial charge in [-0.1, -0.05) is 12.1 Å². The molecule has 0 aliphatic heterocycles. The molecule has 2 aromatic carbocycles. The van der Waals surface area contributed by atoms with E-state index in [1.807, 2.05) is 0 Å². The van der Waals surface area contributed by atoms with Gasteiger partial charge >= 0.3 is 29.6 Å². The smallest absolute Gasteiger partial charge is 0.398 e. The zero-order chi connectivity index (χ0) is 14.4. The third-order valence-corrected chi connectivity index (χ3v) is 4.25. The molecule has 2 rings (SSSR count). The standard InChI is InChI=1S/C10H9NO6S2.Na/c11-8-5-7(18(12,13)14)4-6-2-1-3-9(10(6)8)19(15,16)17;/h1-5H,11H2,(H,12,13,14)(H,15,16,17);/q;+1. The van der Waals surface area contributed by atoms with Crippen LogP contribution in [0.1, 0.15) is 0 Å². The molecule has 0 aromatic heterocycles. The topological polar surface area (TPSA) is 135 Å². The van der Waals surface area contributed by atoms with Crippen LogP contribution in [-0.2, 0) is 20.2 Å². The second-order valence-electron chi connectivity index (χ2n) is 3.82. The van der Waals surface area contributed by atoms with Crippen molar-refractivity contribution in [1.29, 1.82) is 0 Å². The second kappa shape index (κ2) is 5.60. The van der Waals surface area contributed by atoms with Crippen molar-refractivity contribution in [2.24, 2.45) is 0 Å². The van der Waals surface area contributed by atoms with Crippen LogP contribution in [0, 0.1) is 0 Å². The number of hydrogen-bond acceptors (Lipinski definition) is 5. The van der Waals surface area contributed by atoms with Gasteiger partial charge in [-0.25, -0.2) is 0 Å². The fraction of sp³-hybridized carbons (Fsp3) is 0. The Morgan fingerprint density at radius 2 is 1.55 bits per heavy atom. The molecule has 0 aliphatic carbocycles.